The molecular formula is C52H45NS. The van der Waals surface area contributed by atoms with Gasteiger partial charge in [0, 0.05) is 48.8 Å². The Morgan fingerprint density at radius 1 is 0.889 bits per heavy atom. The molecule has 1 nitrogen and oxygen atoms in total. The van der Waals surface area contributed by atoms with Gasteiger partial charge in [-0.15, -0.1) is 11.3 Å². The summed E-state index contributed by atoms with van der Waals surface area (Å²) in [5, 5.41) is 2.65. The van der Waals surface area contributed by atoms with Crippen LogP contribution < -0.4 is 0 Å². The van der Waals surface area contributed by atoms with E-state index in [1.54, 1.807) is 0 Å². The summed E-state index contributed by atoms with van der Waals surface area (Å²) in [6.45, 7) is 11.4. The van der Waals surface area contributed by atoms with Gasteiger partial charge >= 0.3 is 0 Å². The molecule has 9 rings (SSSR count). The van der Waals surface area contributed by atoms with Gasteiger partial charge in [0.05, 0.1) is 5.54 Å². The maximum absolute atomic E-state index is 4.44. The van der Waals surface area contributed by atoms with E-state index in [1.165, 1.54) is 59.3 Å². The van der Waals surface area contributed by atoms with Gasteiger partial charge in [0.1, 0.15) is 0 Å². The Labute approximate surface area is 324 Å². The number of hydrogen-bond acceptors (Lipinski definition) is 2. The topological polar surface area (TPSA) is 3.24 Å². The second-order valence-corrected chi connectivity index (χ2v) is 16.6. The molecule has 1 aromatic heterocycles. The summed E-state index contributed by atoms with van der Waals surface area (Å²) in [5.74, 6) is 0.978. The van der Waals surface area contributed by atoms with E-state index in [0.29, 0.717) is 5.92 Å². The molecule has 4 aliphatic carbocycles. The molecule has 0 amide bonds. The minimum Gasteiger partial charge on any atom is -0.332 e. The third-order valence-corrected chi connectivity index (χ3v) is 13.3. The average Bonchev–Trinajstić information content (AvgIpc) is 3.72. The van der Waals surface area contributed by atoms with E-state index in [0.717, 1.165) is 18.5 Å². The first-order chi connectivity index (χ1) is 26.4. The van der Waals surface area contributed by atoms with Crippen molar-refractivity contribution in [2.75, 3.05) is 0 Å². The van der Waals surface area contributed by atoms with Crippen molar-refractivity contribution in [3.8, 4) is 0 Å². The van der Waals surface area contributed by atoms with Crippen molar-refractivity contribution in [2.24, 2.45) is 17.8 Å². The Balaban J connectivity index is 1.17. The third-order valence-electron chi connectivity index (χ3n) is 12.1. The standard InChI is InChI=1S/C52H45NS/c1-5-41(29-27-37(3)38-28-30-50-46(34-38)45-24-13-15-26-49(45)54-50)53(42-22-16-17-36(2)33-42)51(4)32-31-44-43-23-12-14-25-47(43)52(48(44)35-51,39-18-8-6-9-19-39)40-20-10-7-11-21-40/h5-6,8-10,12-16,18-34,36,43,47H,1,17,35H2,2-4H3/b37-27+,41-29+/t36-,43?,47?,51?,52?/m1/s1. The summed E-state index contributed by atoms with van der Waals surface area (Å²) in [6, 6.07) is 39.8. The monoisotopic (exact) mass is 715 g/mol. The summed E-state index contributed by atoms with van der Waals surface area (Å²) in [5.41, 5.74) is 9.55. The molecule has 5 aromatic rings. The predicted molar refractivity (Wildman–Crippen MR) is 230 cm³/mol. The maximum Gasteiger partial charge on any atom is 0.0646 e. The minimum absolute atomic E-state index is 0.248. The highest BCUT2D eigenvalue weighted by molar-refractivity contribution is 7.25. The van der Waals surface area contributed by atoms with Crippen LogP contribution in [0.2, 0.25) is 0 Å². The normalized spacial score (nSPS) is 24.4. The van der Waals surface area contributed by atoms with E-state index >= 15 is 0 Å². The van der Waals surface area contributed by atoms with Crippen LogP contribution in [0.5, 0.6) is 0 Å². The van der Waals surface area contributed by atoms with E-state index < -0.39 is 0 Å². The lowest BCUT2D eigenvalue weighted by atomic mass is 9.60. The molecule has 4 aromatic carbocycles. The predicted octanol–water partition coefficient (Wildman–Crippen LogP) is 13.3. The molecule has 0 radical (unpaired) electrons. The Morgan fingerprint density at radius 3 is 2.52 bits per heavy atom. The number of nitrogens with zero attached hydrogens (tertiary/aromatic N) is 1. The van der Waals surface area contributed by atoms with Crippen molar-refractivity contribution in [1.82, 2.24) is 4.90 Å². The van der Waals surface area contributed by atoms with Gasteiger partial charge in [-0.25, -0.2) is 0 Å². The van der Waals surface area contributed by atoms with Crippen molar-refractivity contribution in [3.63, 3.8) is 0 Å². The lowest BCUT2D eigenvalue weighted by Crippen LogP contribution is -2.47. The van der Waals surface area contributed by atoms with Crippen molar-refractivity contribution < 1.29 is 0 Å². The van der Waals surface area contributed by atoms with E-state index in [9.17, 15) is 0 Å². The quantitative estimate of drug-likeness (QED) is 0.145. The molecule has 5 atom stereocenters. The maximum atomic E-state index is 4.44. The molecule has 2 heteroatoms. The van der Waals surface area contributed by atoms with Crippen LogP contribution in [0.3, 0.4) is 0 Å². The molecular weight excluding hydrogens is 671 g/mol. The average molecular weight is 716 g/mol. The Bertz CT molecular complexity index is 2470. The number of allylic oxidation sites excluding steroid dienone is 13. The molecule has 0 spiro atoms. The number of fused-ring (bicyclic) bond motifs is 5. The van der Waals surface area contributed by atoms with Crippen LogP contribution in [0.15, 0.2) is 193 Å². The van der Waals surface area contributed by atoms with Crippen LogP contribution in [0.25, 0.3) is 25.7 Å². The molecule has 0 saturated heterocycles. The molecule has 0 bridgehead atoms. The van der Waals surface area contributed by atoms with Gasteiger partial charge in [-0.3, -0.25) is 0 Å². The fraction of sp³-hybridized carbons (Fsp3) is 0.192. The summed E-state index contributed by atoms with van der Waals surface area (Å²) < 4.78 is 2.66. The highest BCUT2D eigenvalue weighted by atomic mass is 32.1. The summed E-state index contributed by atoms with van der Waals surface area (Å²) in [6.07, 6.45) is 29.9. The van der Waals surface area contributed by atoms with Gasteiger partial charge in [-0.2, -0.15) is 0 Å². The third kappa shape index (κ3) is 5.53. The fourth-order valence-corrected chi connectivity index (χ4v) is 10.7. The first-order valence-corrected chi connectivity index (χ1v) is 20.1. The molecule has 0 aliphatic heterocycles. The smallest absolute Gasteiger partial charge is 0.0646 e. The van der Waals surface area contributed by atoms with Gasteiger partial charge in [0.2, 0.25) is 0 Å². The number of rotatable bonds is 8. The molecule has 1 heterocycles. The number of benzene rings is 3. The van der Waals surface area contributed by atoms with E-state index in [2.05, 4.69) is 196 Å². The zero-order chi connectivity index (χ0) is 36.9. The minimum atomic E-state index is -0.381. The van der Waals surface area contributed by atoms with Crippen LogP contribution in [-0.2, 0) is 5.41 Å². The first-order valence-electron chi connectivity index (χ1n) is 19.2. The van der Waals surface area contributed by atoms with Crippen molar-refractivity contribution in [2.45, 2.75) is 44.6 Å². The zero-order valence-electron chi connectivity index (χ0n) is 31.3. The van der Waals surface area contributed by atoms with E-state index in [-0.39, 0.29) is 22.8 Å². The van der Waals surface area contributed by atoms with E-state index in [4.69, 9.17) is 0 Å². The SMILES string of the molecule is C=C/C(=C\C=C(/C)c1ccc2sc3ccccc3c2c1)N(C1=C[C@H](C)CC=C1)C1(C)C=CC2=C(C1)C(c1cc#ccc1)(c1ccccc1)C1C=CC=CC21. The highest BCUT2D eigenvalue weighted by Gasteiger charge is 2.56. The molecule has 0 fully saturated rings. The van der Waals surface area contributed by atoms with Gasteiger partial charge < -0.3 is 4.90 Å². The lowest BCUT2D eigenvalue weighted by Gasteiger charge is -2.48. The Hall–Kier alpha value is -5.62. The number of hydrogen-bond donors (Lipinski definition) is 0. The Morgan fingerprint density at radius 2 is 1.70 bits per heavy atom. The lowest BCUT2D eigenvalue weighted by molar-refractivity contribution is 0.246. The van der Waals surface area contributed by atoms with Crippen LogP contribution in [-0.4, -0.2) is 10.4 Å². The summed E-state index contributed by atoms with van der Waals surface area (Å²) >= 11 is 1.86. The van der Waals surface area contributed by atoms with Crippen molar-refractivity contribution in [3.05, 3.63) is 222 Å². The number of thiophene rings is 1. The second kappa shape index (κ2) is 13.7. The molecule has 264 valence electrons. The summed E-state index contributed by atoms with van der Waals surface area (Å²) in [4.78, 5) is 2.56. The van der Waals surface area contributed by atoms with Gasteiger partial charge in [-0.1, -0.05) is 135 Å². The first kappa shape index (κ1) is 34.2. The highest BCUT2D eigenvalue weighted by Crippen LogP contribution is 2.62. The molecule has 0 saturated carbocycles. The largest absolute Gasteiger partial charge is 0.332 e. The van der Waals surface area contributed by atoms with Gasteiger partial charge in [0.25, 0.3) is 0 Å². The molecule has 54 heavy (non-hydrogen) atoms. The molecule has 4 unspecified atom stereocenters. The van der Waals surface area contributed by atoms with Gasteiger partial charge in [-0.05, 0) is 121 Å². The second-order valence-electron chi connectivity index (χ2n) is 15.5. The van der Waals surface area contributed by atoms with Crippen LogP contribution in [0, 0.1) is 29.9 Å². The van der Waals surface area contributed by atoms with Crippen molar-refractivity contribution in [1.29, 1.82) is 0 Å². The van der Waals surface area contributed by atoms with Crippen LogP contribution >= 0.6 is 11.3 Å². The summed E-state index contributed by atoms with van der Waals surface area (Å²) in [7, 11) is 0. The fourth-order valence-electron chi connectivity index (χ4n) is 9.65. The zero-order valence-corrected chi connectivity index (χ0v) is 32.1. The molecule has 0 N–H and O–H groups in total. The van der Waals surface area contributed by atoms with Crippen LogP contribution in [0.4, 0.5) is 0 Å². The van der Waals surface area contributed by atoms with Crippen LogP contribution in [0.1, 0.15) is 50.3 Å². The van der Waals surface area contributed by atoms with E-state index in [1.807, 2.05) is 23.5 Å². The van der Waals surface area contributed by atoms with Gasteiger partial charge in [0.15, 0.2) is 0 Å². The molecule has 4 aliphatic rings. The van der Waals surface area contributed by atoms with Crippen molar-refractivity contribution >= 4 is 37.1 Å². The Kier molecular flexibility index (Phi) is 8.64.